The largest absolute Gasteiger partial charge is 0.356 e. The summed E-state index contributed by atoms with van der Waals surface area (Å²) in [7, 11) is 0. The summed E-state index contributed by atoms with van der Waals surface area (Å²) in [5, 5.41) is 3.40. The van der Waals surface area contributed by atoms with Gasteiger partial charge in [-0.2, -0.15) is 0 Å². The minimum Gasteiger partial charge on any atom is -0.356 e. The zero-order chi connectivity index (χ0) is 12.7. The van der Waals surface area contributed by atoms with Crippen molar-refractivity contribution in [1.29, 1.82) is 0 Å². The van der Waals surface area contributed by atoms with Gasteiger partial charge in [-0.3, -0.25) is 0 Å². The van der Waals surface area contributed by atoms with Gasteiger partial charge >= 0.3 is 0 Å². The number of hydrogen-bond donors (Lipinski definition) is 0. The summed E-state index contributed by atoms with van der Waals surface area (Å²) in [6.07, 6.45) is 2.94. The van der Waals surface area contributed by atoms with Gasteiger partial charge in [0.2, 0.25) is 0 Å². The Hall–Kier alpha value is -1.94. The van der Waals surface area contributed by atoms with Crippen molar-refractivity contribution in [2.24, 2.45) is 0 Å². The zero-order valence-corrected chi connectivity index (χ0v) is 11.2. The molecule has 1 fully saturated rings. The third-order valence-electron chi connectivity index (χ3n) is 3.59. The van der Waals surface area contributed by atoms with Crippen LogP contribution < -0.4 is 4.90 Å². The van der Waals surface area contributed by atoms with Crippen LogP contribution in [0.25, 0.3) is 21.3 Å². The van der Waals surface area contributed by atoms with E-state index in [-0.39, 0.29) is 0 Å². The van der Waals surface area contributed by atoms with Crippen molar-refractivity contribution in [1.82, 2.24) is 9.97 Å². The number of rotatable bonds is 2. The summed E-state index contributed by atoms with van der Waals surface area (Å²) in [4.78, 5) is 12.3. The second-order valence-corrected chi connectivity index (χ2v) is 5.59. The molecule has 2 aromatic heterocycles. The lowest BCUT2D eigenvalue weighted by Gasteiger charge is -2.32. The average Bonchev–Trinajstić information content (AvgIpc) is 2.83. The Balaban J connectivity index is 1.96. The molecule has 1 aliphatic rings. The van der Waals surface area contributed by atoms with Gasteiger partial charge in [-0.25, -0.2) is 9.97 Å². The fourth-order valence-corrected chi connectivity index (χ4v) is 3.37. The maximum absolute atomic E-state index is 4.51. The van der Waals surface area contributed by atoms with E-state index in [9.17, 15) is 0 Å². The van der Waals surface area contributed by atoms with E-state index in [0.29, 0.717) is 0 Å². The summed E-state index contributed by atoms with van der Waals surface area (Å²) in [6.45, 7) is 2.21. The lowest BCUT2D eigenvalue weighted by Crippen LogP contribution is -2.37. The minimum atomic E-state index is 1.08. The highest BCUT2D eigenvalue weighted by Gasteiger charge is 2.21. The topological polar surface area (TPSA) is 29.0 Å². The van der Waals surface area contributed by atoms with Gasteiger partial charge in [0.05, 0.1) is 5.39 Å². The Morgan fingerprint density at radius 1 is 1.05 bits per heavy atom. The van der Waals surface area contributed by atoms with Gasteiger partial charge in [0.1, 0.15) is 17.0 Å². The Morgan fingerprint density at radius 3 is 2.63 bits per heavy atom. The van der Waals surface area contributed by atoms with E-state index >= 15 is 0 Å². The number of anilines is 1. The minimum absolute atomic E-state index is 1.08. The molecule has 0 unspecified atom stereocenters. The number of thiophene rings is 1. The van der Waals surface area contributed by atoms with Crippen molar-refractivity contribution < 1.29 is 0 Å². The van der Waals surface area contributed by atoms with Crippen LogP contribution in [-0.2, 0) is 0 Å². The standard InChI is InChI=1S/C15H13N3S/c1-2-5-11(6-3-1)12-9-19-15-13(12)14(16-10-17-15)18-7-4-8-18/h1-3,5-6,9-10H,4,7-8H2. The molecule has 1 aliphatic heterocycles. The molecule has 19 heavy (non-hydrogen) atoms. The normalized spacial score (nSPS) is 14.6. The van der Waals surface area contributed by atoms with Gasteiger partial charge in [-0.05, 0) is 12.0 Å². The number of fused-ring (bicyclic) bond motifs is 1. The highest BCUT2D eigenvalue weighted by Crippen LogP contribution is 2.38. The van der Waals surface area contributed by atoms with Crippen LogP contribution in [0.1, 0.15) is 6.42 Å². The Bertz CT molecular complexity index is 717. The van der Waals surface area contributed by atoms with E-state index < -0.39 is 0 Å². The monoisotopic (exact) mass is 267 g/mol. The first-order valence-corrected chi connectivity index (χ1v) is 7.34. The summed E-state index contributed by atoms with van der Waals surface area (Å²) >= 11 is 1.70. The lowest BCUT2D eigenvalue weighted by molar-refractivity contribution is 0.612. The quantitative estimate of drug-likeness (QED) is 0.711. The van der Waals surface area contributed by atoms with Crippen LogP contribution in [0.4, 0.5) is 5.82 Å². The molecular formula is C15H13N3S. The SMILES string of the molecule is c1ccc(-c2csc3ncnc(N4CCC4)c23)cc1. The molecule has 0 amide bonds. The molecular weight excluding hydrogens is 254 g/mol. The van der Waals surface area contributed by atoms with Crippen molar-refractivity contribution in [3.05, 3.63) is 42.0 Å². The van der Waals surface area contributed by atoms with Crippen LogP contribution in [0, 0.1) is 0 Å². The van der Waals surface area contributed by atoms with Crippen LogP contribution >= 0.6 is 11.3 Å². The molecule has 0 saturated carbocycles. The second kappa shape index (κ2) is 4.31. The molecule has 0 atom stereocenters. The first-order chi connectivity index (χ1) is 9.43. The van der Waals surface area contributed by atoms with Gasteiger partial charge in [-0.1, -0.05) is 30.3 Å². The van der Waals surface area contributed by atoms with E-state index in [1.54, 1.807) is 17.7 Å². The van der Waals surface area contributed by atoms with Crippen molar-refractivity contribution in [2.75, 3.05) is 18.0 Å². The molecule has 0 aliphatic carbocycles. The van der Waals surface area contributed by atoms with Crippen LogP contribution in [0.15, 0.2) is 42.0 Å². The van der Waals surface area contributed by atoms with Crippen LogP contribution in [0.5, 0.6) is 0 Å². The zero-order valence-electron chi connectivity index (χ0n) is 10.4. The number of hydrogen-bond acceptors (Lipinski definition) is 4. The van der Waals surface area contributed by atoms with Gasteiger partial charge in [0, 0.05) is 24.0 Å². The number of nitrogens with zero attached hydrogens (tertiary/aromatic N) is 3. The van der Waals surface area contributed by atoms with Crippen molar-refractivity contribution >= 4 is 27.4 Å². The molecule has 0 radical (unpaired) electrons. The second-order valence-electron chi connectivity index (χ2n) is 4.73. The third kappa shape index (κ3) is 1.71. The lowest BCUT2D eigenvalue weighted by atomic mass is 10.1. The molecule has 1 saturated heterocycles. The first kappa shape index (κ1) is 10.9. The smallest absolute Gasteiger partial charge is 0.141 e. The highest BCUT2D eigenvalue weighted by atomic mass is 32.1. The molecule has 3 nitrogen and oxygen atoms in total. The fraction of sp³-hybridized carbons (Fsp3) is 0.200. The van der Waals surface area contributed by atoms with E-state index in [4.69, 9.17) is 0 Å². The predicted molar refractivity (Wildman–Crippen MR) is 79.7 cm³/mol. The Labute approximate surface area is 115 Å². The van der Waals surface area contributed by atoms with Crippen molar-refractivity contribution in [3.63, 3.8) is 0 Å². The fourth-order valence-electron chi connectivity index (χ4n) is 2.46. The van der Waals surface area contributed by atoms with Crippen molar-refractivity contribution in [3.8, 4) is 11.1 Å². The molecule has 1 aromatic carbocycles. The predicted octanol–water partition coefficient (Wildman–Crippen LogP) is 3.57. The Morgan fingerprint density at radius 2 is 1.89 bits per heavy atom. The summed E-state index contributed by atoms with van der Waals surface area (Å²) in [5.41, 5.74) is 2.49. The molecule has 3 aromatic rings. The molecule has 4 heteroatoms. The van der Waals surface area contributed by atoms with E-state index in [1.807, 2.05) is 6.07 Å². The van der Waals surface area contributed by atoms with Gasteiger partial charge in [-0.15, -0.1) is 11.3 Å². The van der Waals surface area contributed by atoms with E-state index in [1.165, 1.54) is 22.9 Å². The molecule has 0 bridgehead atoms. The van der Waals surface area contributed by atoms with E-state index in [0.717, 1.165) is 23.7 Å². The average molecular weight is 267 g/mol. The summed E-state index contributed by atoms with van der Waals surface area (Å²) in [5.74, 6) is 1.09. The van der Waals surface area contributed by atoms with Crippen LogP contribution in [0.3, 0.4) is 0 Å². The summed E-state index contributed by atoms with van der Waals surface area (Å²) in [6, 6.07) is 10.5. The molecule has 4 rings (SSSR count). The molecule has 0 spiro atoms. The van der Waals surface area contributed by atoms with Crippen molar-refractivity contribution in [2.45, 2.75) is 6.42 Å². The maximum atomic E-state index is 4.51. The third-order valence-corrected chi connectivity index (χ3v) is 4.48. The molecule has 94 valence electrons. The number of benzene rings is 1. The summed E-state index contributed by atoms with van der Waals surface area (Å²) < 4.78 is 0. The van der Waals surface area contributed by atoms with Crippen LogP contribution in [0.2, 0.25) is 0 Å². The van der Waals surface area contributed by atoms with E-state index in [2.05, 4.69) is 44.5 Å². The molecule has 0 N–H and O–H groups in total. The number of aromatic nitrogens is 2. The van der Waals surface area contributed by atoms with Crippen LogP contribution in [-0.4, -0.2) is 23.1 Å². The maximum Gasteiger partial charge on any atom is 0.141 e. The van der Waals surface area contributed by atoms with Gasteiger partial charge < -0.3 is 4.90 Å². The highest BCUT2D eigenvalue weighted by molar-refractivity contribution is 7.17. The van der Waals surface area contributed by atoms with Gasteiger partial charge in [0.25, 0.3) is 0 Å². The Kier molecular flexibility index (Phi) is 2.48. The first-order valence-electron chi connectivity index (χ1n) is 6.46. The molecule has 3 heterocycles. The van der Waals surface area contributed by atoms with Gasteiger partial charge in [0.15, 0.2) is 0 Å².